The molecular formula is C23H19N3O2. The molecule has 0 aliphatic carbocycles. The van der Waals surface area contributed by atoms with Gasteiger partial charge in [-0.15, -0.1) is 0 Å². The lowest BCUT2D eigenvalue weighted by Crippen LogP contribution is -2.12. The predicted molar refractivity (Wildman–Crippen MR) is 109 cm³/mol. The van der Waals surface area contributed by atoms with E-state index in [9.17, 15) is 4.79 Å². The second-order valence-corrected chi connectivity index (χ2v) is 6.49. The molecule has 2 heterocycles. The van der Waals surface area contributed by atoms with Gasteiger partial charge in [0.1, 0.15) is 12.4 Å². The highest BCUT2D eigenvalue weighted by Crippen LogP contribution is 2.20. The largest absolute Gasteiger partial charge is 0.489 e. The van der Waals surface area contributed by atoms with Crippen molar-refractivity contribution in [3.05, 3.63) is 95.9 Å². The third kappa shape index (κ3) is 4.15. The highest BCUT2D eigenvalue weighted by molar-refractivity contribution is 6.05. The average molecular weight is 369 g/mol. The number of anilines is 1. The number of aryl methyl sites for hydroxylation is 1. The van der Waals surface area contributed by atoms with E-state index in [-0.39, 0.29) is 5.91 Å². The van der Waals surface area contributed by atoms with E-state index in [4.69, 9.17) is 4.74 Å². The topological polar surface area (TPSA) is 64.1 Å². The third-order valence-corrected chi connectivity index (χ3v) is 4.31. The van der Waals surface area contributed by atoms with Crippen molar-refractivity contribution in [3.63, 3.8) is 0 Å². The molecule has 4 aromatic rings. The molecule has 28 heavy (non-hydrogen) atoms. The molecule has 0 saturated heterocycles. The second-order valence-electron chi connectivity index (χ2n) is 6.49. The molecule has 2 aromatic carbocycles. The summed E-state index contributed by atoms with van der Waals surface area (Å²) in [5.41, 5.74) is 4.10. The minimum Gasteiger partial charge on any atom is -0.489 e. The van der Waals surface area contributed by atoms with Gasteiger partial charge < -0.3 is 10.1 Å². The number of nitrogens with zero attached hydrogens (tertiary/aromatic N) is 2. The standard InChI is InChI=1S/C23H19N3O2/c1-16-7-8-18-12-20(9-10-22(18)25-16)26-23(27)19-5-2-6-21(13-19)28-15-17-4-3-11-24-14-17/h2-14H,15H2,1H3,(H,26,27). The average Bonchev–Trinajstić information content (AvgIpc) is 2.73. The monoisotopic (exact) mass is 369 g/mol. The fraction of sp³-hybridized carbons (Fsp3) is 0.0870. The van der Waals surface area contributed by atoms with Crippen LogP contribution in [0.2, 0.25) is 0 Å². The van der Waals surface area contributed by atoms with Crippen molar-refractivity contribution < 1.29 is 9.53 Å². The molecule has 2 aromatic heterocycles. The van der Waals surface area contributed by atoms with E-state index in [1.807, 2.05) is 55.5 Å². The van der Waals surface area contributed by atoms with Crippen LogP contribution in [0.25, 0.3) is 10.9 Å². The van der Waals surface area contributed by atoms with Crippen LogP contribution in [-0.4, -0.2) is 15.9 Å². The van der Waals surface area contributed by atoms with Crippen molar-refractivity contribution in [2.45, 2.75) is 13.5 Å². The van der Waals surface area contributed by atoms with Crippen LogP contribution < -0.4 is 10.1 Å². The van der Waals surface area contributed by atoms with Crippen molar-refractivity contribution in [2.75, 3.05) is 5.32 Å². The summed E-state index contributed by atoms with van der Waals surface area (Å²) in [7, 11) is 0. The van der Waals surface area contributed by atoms with Gasteiger partial charge in [0.25, 0.3) is 5.91 Å². The molecule has 4 rings (SSSR count). The number of nitrogens with one attached hydrogen (secondary N) is 1. The molecule has 0 spiro atoms. The number of benzene rings is 2. The van der Waals surface area contributed by atoms with Crippen LogP contribution >= 0.6 is 0 Å². The first-order valence-electron chi connectivity index (χ1n) is 8.98. The quantitative estimate of drug-likeness (QED) is 0.550. The molecule has 1 amide bonds. The minimum atomic E-state index is -0.189. The van der Waals surface area contributed by atoms with Gasteiger partial charge in [-0.1, -0.05) is 18.2 Å². The Morgan fingerprint density at radius 1 is 1.04 bits per heavy atom. The Hall–Kier alpha value is -3.73. The molecule has 0 aliphatic heterocycles. The molecule has 0 radical (unpaired) electrons. The number of carbonyl (C=O) groups is 1. The van der Waals surface area contributed by atoms with Crippen molar-refractivity contribution in [1.82, 2.24) is 9.97 Å². The SMILES string of the molecule is Cc1ccc2cc(NC(=O)c3cccc(OCc4cccnc4)c3)ccc2n1. The fourth-order valence-corrected chi connectivity index (χ4v) is 2.89. The Bertz CT molecular complexity index is 1130. The zero-order valence-electron chi connectivity index (χ0n) is 15.4. The summed E-state index contributed by atoms with van der Waals surface area (Å²) >= 11 is 0. The van der Waals surface area contributed by atoms with Gasteiger partial charge in [-0.2, -0.15) is 0 Å². The molecule has 0 atom stereocenters. The molecule has 0 unspecified atom stereocenters. The number of amides is 1. The number of hydrogen-bond acceptors (Lipinski definition) is 4. The maximum Gasteiger partial charge on any atom is 0.255 e. The lowest BCUT2D eigenvalue weighted by molar-refractivity contribution is 0.102. The van der Waals surface area contributed by atoms with E-state index in [0.29, 0.717) is 17.9 Å². The van der Waals surface area contributed by atoms with Crippen LogP contribution in [0.3, 0.4) is 0 Å². The maximum absolute atomic E-state index is 12.6. The second kappa shape index (κ2) is 7.88. The molecule has 138 valence electrons. The number of carbonyl (C=O) groups excluding carboxylic acids is 1. The van der Waals surface area contributed by atoms with Gasteiger partial charge in [-0.3, -0.25) is 14.8 Å². The first-order valence-corrected chi connectivity index (χ1v) is 8.98. The predicted octanol–water partition coefficient (Wildman–Crippen LogP) is 4.77. The van der Waals surface area contributed by atoms with Gasteiger partial charge in [0.05, 0.1) is 5.52 Å². The lowest BCUT2D eigenvalue weighted by Gasteiger charge is -2.09. The first kappa shape index (κ1) is 17.7. The highest BCUT2D eigenvalue weighted by atomic mass is 16.5. The number of pyridine rings is 2. The third-order valence-electron chi connectivity index (χ3n) is 4.31. The molecule has 0 saturated carbocycles. The molecular weight excluding hydrogens is 350 g/mol. The summed E-state index contributed by atoms with van der Waals surface area (Å²) in [5.74, 6) is 0.445. The van der Waals surface area contributed by atoms with Gasteiger partial charge in [-0.05, 0) is 55.5 Å². The molecule has 0 bridgehead atoms. The number of ether oxygens (including phenoxy) is 1. The van der Waals surface area contributed by atoms with Crippen LogP contribution in [0.4, 0.5) is 5.69 Å². The number of rotatable bonds is 5. The molecule has 1 N–H and O–H groups in total. The highest BCUT2D eigenvalue weighted by Gasteiger charge is 2.08. The van der Waals surface area contributed by atoms with E-state index in [1.165, 1.54) is 0 Å². The van der Waals surface area contributed by atoms with Crippen LogP contribution in [0.1, 0.15) is 21.6 Å². The maximum atomic E-state index is 12.6. The minimum absolute atomic E-state index is 0.189. The van der Waals surface area contributed by atoms with Gasteiger partial charge in [-0.25, -0.2) is 0 Å². The van der Waals surface area contributed by atoms with Crippen LogP contribution in [0, 0.1) is 6.92 Å². The first-order chi connectivity index (χ1) is 13.7. The van der Waals surface area contributed by atoms with Crippen LogP contribution in [0.15, 0.2) is 79.1 Å². The molecule has 0 fully saturated rings. The summed E-state index contributed by atoms with van der Waals surface area (Å²) in [6, 6.07) is 20.6. The summed E-state index contributed by atoms with van der Waals surface area (Å²) in [5, 5.41) is 3.92. The Kier molecular flexibility index (Phi) is 4.97. The number of aromatic nitrogens is 2. The molecule has 5 nitrogen and oxygen atoms in total. The van der Waals surface area contributed by atoms with E-state index >= 15 is 0 Å². The summed E-state index contributed by atoms with van der Waals surface area (Å²) < 4.78 is 5.77. The van der Waals surface area contributed by atoms with Gasteiger partial charge in [0, 0.05) is 40.3 Å². The van der Waals surface area contributed by atoms with Crippen molar-refractivity contribution in [1.29, 1.82) is 0 Å². The van der Waals surface area contributed by atoms with E-state index in [1.54, 1.807) is 30.6 Å². The van der Waals surface area contributed by atoms with Crippen molar-refractivity contribution in [2.24, 2.45) is 0 Å². The molecule has 5 heteroatoms. The molecule has 0 aliphatic rings. The Morgan fingerprint density at radius 2 is 1.96 bits per heavy atom. The normalized spacial score (nSPS) is 10.6. The zero-order chi connectivity index (χ0) is 19.3. The Balaban J connectivity index is 1.46. The van der Waals surface area contributed by atoms with Gasteiger partial charge in [0.2, 0.25) is 0 Å². The summed E-state index contributed by atoms with van der Waals surface area (Å²) in [4.78, 5) is 21.2. The van der Waals surface area contributed by atoms with Crippen LogP contribution in [0.5, 0.6) is 5.75 Å². The summed E-state index contributed by atoms with van der Waals surface area (Å²) in [6.45, 7) is 2.36. The lowest BCUT2D eigenvalue weighted by atomic mass is 10.1. The smallest absolute Gasteiger partial charge is 0.255 e. The van der Waals surface area contributed by atoms with Gasteiger partial charge >= 0.3 is 0 Å². The Morgan fingerprint density at radius 3 is 2.82 bits per heavy atom. The van der Waals surface area contributed by atoms with Crippen LogP contribution in [-0.2, 0) is 6.61 Å². The summed E-state index contributed by atoms with van der Waals surface area (Å²) in [6.07, 6.45) is 3.48. The van der Waals surface area contributed by atoms with E-state index in [0.717, 1.165) is 27.8 Å². The Labute approximate surface area is 163 Å². The van der Waals surface area contributed by atoms with Gasteiger partial charge in [0.15, 0.2) is 0 Å². The number of hydrogen-bond donors (Lipinski definition) is 1. The van der Waals surface area contributed by atoms with E-state index < -0.39 is 0 Å². The fourth-order valence-electron chi connectivity index (χ4n) is 2.89. The van der Waals surface area contributed by atoms with Crippen molar-refractivity contribution in [3.8, 4) is 5.75 Å². The number of fused-ring (bicyclic) bond motifs is 1. The van der Waals surface area contributed by atoms with Crippen molar-refractivity contribution >= 4 is 22.5 Å². The van der Waals surface area contributed by atoms with E-state index in [2.05, 4.69) is 15.3 Å². The zero-order valence-corrected chi connectivity index (χ0v) is 15.4.